The fourth-order valence-corrected chi connectivity index (χ4v) is 4.94. The van der Waals surface area contributed by atoms with Crippen LogP contribution >= 0.6 is 15.9 Å². The zero-order valence-corrected chi connectivity index (χ0v) is 17.4. The largest absolute Gasteiger partial charge is 0.348 e. The number of amides is 2. The fraction of sp³-hybridized carbons (Fsp3) is 0.0476. The Bertz CT molecular complexity index is 1240. The molecule has 0 atom stereocenters. The maximum Gasteiger partial charge on any atom is 0.257 e. The summed E-state index contributed by atoms with van der Waals surface area (Å²) in [7, 11) is -3.89. The third-order valence-electron chi connectivity index (χ3n) is 4.57. The van der Waals surface area contributed by atoms with Gasteiger partial charge in [-0.15, -0.1) is 0 Å². The minimum Gasteiger partial charge on any atom is -0.348 e. The van der Waals surface area contributed by atoms with Gasteiger partial charge in [-0.25, -0.2) is 8.42 Å². The summed E-state index contributed by atoms with van der Waals surface area (Å²) in [5.41, 5.74) is 1.33. The third-order valence-corrected chi connectivity index (χ3v) is 6.97. The molecule has 2 N–H and O–H groups in total. The molecule has 3 aromatic rings. The molecule has 0 unspecified atom stereocenters. The van der Waals surface area contributed by atoms with E-state index in [1.165, 1.54) is 30.3 Å². The molecule has 0 radical (unpaired) electrons. The molecule has 146 valence electrons. The monoisotopic (exact) mass is 470 g/mol. The molecular weight excluding hydrogens is 456 g/mol. The van der Waals surface area contributed by atoms with E-state index in [2.05, 4.69) is 26.6 Å². The van der Waals surface area contributed by atoms with E-state index in [0.717, 1.165) is 10.0 Å². The normalized spacial score (nSPS) is 14.2. The summed E-state index contributed by atoms with van der Waals surface area (Å²) in [6.45, 7) is 0.319. The first kappa shape index (κ1) is 19.4. The van der Waals surface area contributed by atoms with Crippen LogP contribution in [-0.4, -0.2) is 20.2 Å². The smallest absolute Gasteiger partial charge is 0.257 e. The molecule has 4 rings (SSSR count). The summed E-state index contributed by atoms with van der Waals surface area (Å²) in [5.74, 6) is -0.903. The summed E-state index contributed by atoms with van der Waals surface area (Å²) in [6.07, 6.45) is 0. The van der Waals surface area contributed by atoms with E-state index in [9.17, 15) is 18.0 Å². The number of hydrogen-bond donors (Lipinski definition) is 2. The molecule has 1 aliphatic rings. The summed E-state index contributed by atoms with van der Waals surface area (Å²) in [4.78, 5) is 24.9. The Balaban J connectivity index is 1.64. The number of anilines is 1. The standard InChI is InChI=1S/C21H15BrN2O4S/c22-15-8-5-13(6-9-15)12-23-20(25)14-7-10-19-17(11-14)24-21(26)16-3-1-2-4-18(16)29(19,27)28/h1-11H,12H2,(H,23,25)(H,24,26). The summed E-state index contributed by atoms with van der Waals surface area (Å²) in [5, 5.41) is 5.40. The molecule has 2 amide bonds. The Labute approximate surface area is 176 Å². The van der Waals surface area contributed by atoms with Crippen molar-refractivity contribution in [2.75, 3.05) is 5.32 Å². The molecule has 0 aromatic heterocycles. The van der Waals surface area contributed by atoms with Gasteiger partial charge in [0.05, 0.1) is 21.0 Å². The SMILES string of the molecule is O=C(NCc1ccc(Br)cc1)c1ccc2c(c1)NC(=O)c1ccccc1S2(=O)=O. The second kappa shape index (κ2) is 7.46. The lowest BCUT2D eigenvalue weighted by Crippen LogP contribution is -2.23. The molecule has 0 bridgehead atoms. The van der Waals surface area contributed by atoms with E-state index in [4.69, 9.17) is 0 Å². The fourth-order valence-electron chi connectivity index (χ4n) is 3.09. The average Bonchev–Trinajstić information content (AvgIpc) is 2.80. The molecular formula is C21H15BrN2O4S. The number of nitrogens with one attached hydrogen (secondary N) is 2. The van der Waals surface area contributed by atoms with Crippen LogP contribution in [0.5, 0.6) is 0 Å². The Morgan fingerprint density at radius 2 is 1.69 bits per heavy atom. The highest BCUT2D eigenvalue weighted by atomic mass is 79.9. The van der Waals surface area contributed by atoms with E-state index in [1.54, 1.807) is 12.1 Å². The quantitative estimate of drug-likeness (QED) is 0.608. The Morgan fingerprint density at radius 3 is 2.45 bits per heavy atom. The van der Waals surface area contributed by atoms with Crippen molar-refractivity contribution in [2.45, 2.75) is 16.3 Å². The maximum atomic E-state index is 13.0. The van der Waals surface area contributed by atoms with Crippen molar-refractivity contribution >= 4 is 43.3 Å². The number of carbonyl (C=O) groups excluding carboxylic acids is 2. The van der Waals surface area contributed by atoms with Gasteiger partial charge in [0.25, 0.3) is 11.8 Å². The number of sulfone groups is 1. The van der Waals surface area contributed by atoms with E-state index >= 15 is 0 Å². The van der Waals surface area contributed by atoms with Crippen molar-refractivity contribution in [1.29, 1.82) is 0 Å². The predicted octanol–water partition coefficient (Wildman–Crippen LogP) is 3.78. The number of fused-ring (bicyclic) bond motifs is 2. The number of halogens is 1. The van der Waals surface area contributed by atoms with Crippen molar-refractivity contribution in [3.05, 3.63) is 87.9 Å². The van der Waals surface area contributed by atoms with Gasteiger partial charge in [0.15, 0.2) is 0 Å². The molecule has 0 saturated carbocycles. The highest BCUT2D eigenvalue weighted by Gasteiger charge is 2.31. The first-order valence-electron chi connectivity index (χ1n) is 8.68. The zero-order valence-electron chi connectivity index (χ0n) is 15.0. The van der Waals surface area contributed by atoms with E-state index in [-0.39, 0.29) is 32.5 Å². The van der Waals surface area contributed by atoms with Crippen molar-refractivity contribution in [3.8, 4) is 0 Å². The minimum atomic E-state index is -3.89. The highest BCUT2D eigenvalue weighted by molar-refractivity contribution is 9.10. The molecule has 0 fully saturated rings. The molecule has 29 heavy (non-hydrogen) atoms. The van der Waals surface area contributed by atoms with Gasteiger partial charge in [0.2, 0.25) is 9.84 Å². The summed E-state index contributed by atoms with van der Waals surface area (Å²) < 4.78 is 26.9. The first-order valence-corrected chi connectivity index (χ1v) is 11.0. The van der Waals surface area contributed by atoms with Crippen LogP contribution in [0.4, 0.5) is 5.69 Å². The van der Waals surface area contributed by atoms with Gasteiger partial charge in [-0.3, -0.25) is 9.59 Å². The van der Waals surface area contributed by atoms with E-state index in [1.807, 2.05) is 24.3 Å². The van der Waals surface area contributed by atoms with Gasteiger partial charge in [-0.2, -0.15) is 0 Å². The van der Waals surface area contributed by atoms with Crippen molar-refractivity contribution in [1.82, 2.24) is 5.32 Å². The van der Waals surface area contributed by atoms with Crippen LogP contribution < -0.4 is 10.6 Å². The first-order chi connectivity index (χ1) is 13.9. The highest BCUT2D eigenvalue weighted by Crippen LogP contribution is 2.34. The van der Waals surface area contributed by atoms with Gasteiger partial charge in [0.1, 0.15) is 0 Å². The van der Waals surface area contributed by atoms with Crippen LogP contribution in [0.25, 0.3) is 0 Å². The number of hydrogen-bond acceptors (Lipinski definition) is 4. The minimum absolute atomic E-state index is 0.0414. The van der Waals surface area contributed by atoms with E-state index < -0.39 is 15.7 Å². The van der Waals surface area contributed by atoms with Crippen LogP contribution in [0.1, 0.15) is 26.3 Å². The molecule has 0 aliphatic carbocycles. The van der Waals surface area contributed by atoms with Crippen molar-refractivity contribution < 1.29 is 18.0 Å². The second-order valence-corrected chi connectivity index (χ2v) is 9.28. The van der Waals surface area contributed by atoms with Gasteiger partial charge >= 0.3 is 0 Å². The topological polar surface area (TPSA) is 92.3 Å². The van der Waals surface area contributed by atoms with Gasteiger partial charge < -0.3 is 10.6 Å². The molecule has 3 aromatic carbocycles. The van der Waals surface area contributed by atoms with Crippen molar-refractivity contribution in [2.24, 2.45) is 0 Å². The van der Waals surface area contributed by atoms with E-state index in [0.29, 0.717) is 6.54 Å². The van der Waals surface area contributed by atoms with Crippen LogP contribution in [0.15, 0.2) is 81.0 Å². The van der Waals surface area contributed by atoms with Crippen LogP contribution in [-0.2, 0) is 16.4 Å². The maximum absolute atomic E-state index is 13.0. The number of carbonyl (C=O) groups is 2. The zero-order chi connectivity index (χ0) is 20.6. The van der Waals surface area contributed by atoms with Crippen LogP contribution in [0.2, 0.25) is 0 Å². The van der Waals surface area contributed by atoms with Crippen molar-refractivity contribution in [3.63, 3.8) is 0 Å². The summed E-state index contributed by atoms with van der Waals surface area (Å²) >= 11 is 3.36. The molecule has 8 heteroatoms. The van der Waals surface area contributed by atoms with Crippen LogP contribution in [0.3, 0.4) is 0 Å². The van der Waals surface area contributed by atoms with Gasteiger partial charge in [-0.05, 0) is 48.0 Å². The van der Waals surface area contributed by atoms with Gasteiger partial charge in [0, 0.05) is 16.6 Å². The lowest BCUT2D eigenvalue weighted by atomic mass is 10.1. The molecule has 0 spiro atoms. The number of rotatable bonds is 3. The molecule has 1 aliphatic heterocycles. The molecule has 0 saturated heterocycles. The Morgan fingerprint density at radius 1 is 0.966 bits per heavy atom. The lowest BCUT2D eigenvalue weighted by molar-refractivity contribution is 0.0949. The Kier molecular flexibility index (Phi) is 4.97. The van der Waals surface area contributed by atoms with Crippen LogP contribution in [0, 0.1) is 0 Å². The Hall–Kier alpha value is -2.97. The lowest BCUT2D eigenvalue weighted by Gasteiger charge is -2.10. The summed E-state index contributed by atoms with van der Waals surface area (Å²) in [6, 6.07) is 17.7. The second-order valence-electron chi connectivity index (χ2n) is 6.47. The third kappa shape index (κ3) is 3.68. The van der Waals surface area contributed by atoms with Gasteiger partial charge in [-0.1, -0.05) is 40.2 Å². The molecule has 6 nitrogen and oxygen atoms in total. The molecule has 1 heterocycles. The predicted molar refractivity (Wildman–Crippen MR) is 112 cm³/mol. The number of benzene rings is 3. The average molecular weight is 471 g/mol.